The molecule has 1 heterocycles. The smallest absolute Gasteiger partial charge is 0.297 e. The lowest BCUT2D eigenvalue weighted by Gasteiger charge is -2.17. The summed E-state index contributed by atoms with van der Waals surface area (Å²) >= 11 is 0. The van der Waals surface area contributed by atoms with Crippen LogP contribution in [-0.4, -0.2) is 33.5 Å². The number of rotatable bonds is 4. The number of aryl methyl sites for hydroxylation is 1. The van der Waals surface area contributed by atoms with Gasteiger partial charge >= 0.3 is 0 Å². The first-order chi connectivity index (χ1) is 8.80. The minimum atomic E-state index is -3.75. The van der Waals surface area contributed by atoms with Crippen molar-refractivity contribution in [2.75, 3.05) is 13.2 Å². The third-order valence-corrected chi connectivity index (χ3v) is 4.28. The van der Waals surface area contributed by atoms with Gasteiger partial charge in [0.25, 0.3) is 10.1 Å². The summed E-state index contributed by atoms with van der Waals surface area (Å²) in [5, 5.41) is 0. The van der Waals surface area contributed by atoms with E-state index < -0.39 is 15.9 Å². The minimum Gasteiger partial charge on any atom is -0.348 e. The molecule has 106 valence electrons. The number of benzene rings is 1. The van der Waals surface area contributed by atoms with Crippen LogP contribution in [0.3, 0.4) is 0 Å². The van der Waals surface area contributed by atoms with Crippen molar-refractivity contribution in [2.45, 2.75) is 37.6 Å². The summed E-state index contributed by atoms with van der Waals surface area (Å²) in [5.74, 6) is -0.680. The van der Waals surface area contributed by atoms with E-state index in [2.05, 4.69) is 0 Å². The fraction of sp³-hybridized carbons (Fsp3) is 0.538. The Balaban J connectivity index is 2.02. The Morgan fingerprint density at radius 3 is 2.63 bits per heavy atom. The van der Waals surface area contributed by atoms with Crippen LogP contribution in [0.4, 0.5) is 0 Å². The molecule has 1 saturated heterocycles. The highest BCUT2D eigenvalue weighted by Crippen LogP contribution is 2.24. The molecule has 1 aliphatic rings. The van der Waals surface area contributed by atoms with Gasteiger partial charge < -0.3 is 9.47 Å². The highest BCUT2D eigenvalue weighted by atomic mass is 32.2. The summed E-state index contributed by atoms with van der Waals surface area (Å²) in [6, 6.07) is 6.71. The molecule has 1 fully saturated rings. The molecule has 0 aromatic heterocycles. The number of hydrogen-bond donors (Lipinski definition) is 0. The maximum atomic E-state index is 12.1. The van der Waals surface area contributed by atoms with E-state index in [4.69, 9.17) is 13.7 Å². The van der Waals surface area contributed by atoms with Crippen molar-refractivity contribution >= 4 is 10.1 Å². The SMILES string of the molecule is Cc1ccccc1S(=O)(=O)OC[C@H]1COC(C)(C)O1. The lowest BCUT2D eigenvalue weighted by molar-refractivity contribution is -0.141. The zero-order valence-electron chi connectivity index (χ0n) is 11.3. The zero-order valence-corrected chi connectivity index (χ0v) is 12.1. The van der Waals surface area contributed by atoms with Gasteiger partial charge in [-0.15, -0.1) is 0 Å². The lowest BCUT2D eigenvalue weighted by atomic mass is 10.2. The molecule has 0 amide bonds. The van der Waals surface area contributed by atoms with Crippen LogP contribution >= 0.6 is 0 Å². The lowest BCUT2D eigenvalue weighted by Crippen LogP contribution is -2.25. The molecule has 0 unspecified atom stereocenters. The number of ether oxygens (including phenoxy) is 2. The molecule has 1 aliphatic heterocycles. The van der Waals surface area contributed by atoms with E-state index in [0.29, 0.717) is 12.2 Å². The highest BCUT2D eigenvalue weighted by molar-refractivity contribution is 7.86. The monoisotopic (exact) mass is 286 g/mol. The molecule has 19 heavy (non-hydrogen) atoms. The second kappa shape index (κ2) is 5.20. The normalized spacial score (nSPS) is 22.6. The van der Waals surface area contributed by atoms with Gasteiger partial charge in [0, 0.05) is 0 Å². The van der Waals surface area contributed by atoms with Crippen LogP contribution < -0.4 is 0 Å². The van der Waals surface area contributed by atoms with Crippen LogP contribution in [0.2, 0.25) is 0 Å². The van der Waals surface area contributed by atoms with E-state index in [1.807, 2.05) is 0 Å². The first-order valence-electron chi connectivity index (χ1n) is 6.07. The molecule has 0 aliphatic carbocycles. The third-order valence-electron chi connectivity index (χ3n) is 2.84. The topological polar surface area (TPSA) is 61.8 Å². The van der Waals surface area contributed by atoms with Crippen molar-refractivity contribution in [3.63, 3.8) is 0 Å². The van der Waals surface area contributed by atoms with Gasteiger partial charge in [0.2, 0.25) is 0 Å². The predicted octanol–water partition coefficient (Wildman–Crippen LogP) is 1.85. The maximum absolute atomic E-state index is 12.1. The molecule has 1 aromatic rings. The molecule has 5 nitrogen and oxygen atoms in total. The van der Waals surface area contributed by atoms with Crippen molar-refractivity contribution in [2.24, 2.45) is 0 Å². The van der Waals surface area contributed by atoms with Crippen LogP contribution in [0, 0.1) is 6.92 Å². The summed E-state index contributed by atoms with van der Waals surface area (Å²) in [6.45, 7) is 5.58. The fourth-order valence-corrected chi connectivity index (χ4v) is 3.08. The Hall–Kier alpha value is -0.950. The van der Waals surface area contributed by atoms with Crippen LogP contribution in [-0.2, 0) is 23.8 Å². The van der Waals surface area contributed by atoms with E-state index >= 15 is 0 Å². The van der Waals surface area contributed by atoms with E-state index in [0.717, 1.165) is 0 Å². The summed E-state index contributed by atoms with van der Waals surface area (Å²) in [7, 11) is -3.75. The first kappa shape index (κ1) is 14.5. The van der Waals surface area contributed by atoms with Crippen molar-refractivity contribution in [3.8, 4) is 0 Å². The first-order valence-corrected chi connectivity index (χ1v) is 7.48. The molecule has 2 rings (SSSR count). The minimum absolute atomic E-state index is 0.0416. The molecule has 1 atom stereocenters. The Bertz CT molecular complexity index is 550. The van der Waals surface area contributed by atoms with E-state index in [9.17, 15) is 8.42 Å². The number of hydrogen-bond acceptors (Lipinski definition) is 5. The molecule has 1 aromatic carbocycles. The largest absolute Gasteiger partial charge is 0.348 e. The van der Waals surface area contributed by atoms with Crippen molar-refractivity contribution < 1.29 is 22.1 Å². The second-order valence-corrected chi connectivity index (χ2v) is 6.54. The van der Waals surface area contributed by atoms with Gasteiger partial charge in [-0.2, -0.15) is 8.42 Å². The summed E-state index contributed by atoms with van der Waals surface area (Å²) in [5.41, 5.74) is 0.659. The van der Waals surface area contributed by atoms with Gasteiger partial charge in [-0.3, -0.25) is 4.18 Å². The standard InChI is InChI=1S/C13H18O5S/c1-10-6-4-5-7-12(10)19(14,15)17-9-11-8-16-13(2,3)18-11/h4-7,11H,8-9H2,1-3H3/t11-/m1/s1. The molecule has 0 spiro atoms. The van der Waals surface area contributed by atoms with E-state index in [1.165, 1.54) is 6.07 Å². The van der Waals surface area contributed by atoms with Crippen LogP contribution in [0.1, 0.15) is 19.4 Å². The van der Waals surface area contributed by atoms with Crippen LogP contribution in [0.5, 0.6) is 0 Å². The van der Waals surface area contributed by atoms with Gasteiger partial charge in [0.05, 0.1) is 18.1 Å². The quantitative estimate of drug-likeness (QED) is 0.790. The van der Waals surface area contributed by atoms with Gasteiger partial charge in [0.1, 0.15) is 6.10 Å². The molecule has 0 radical (unpaired) electrons. The Kier molecular flexibility index (Phi) is 3.96. The molecular weight excluding hydrogens is 268 g/mol. The van der Waals surface area contributed by atoms with Crippen molar-refractivity contribution in [3.05, 3.63) is 29.8 Å². The Labute approximate surface area is 113 Å². The Morgan fingerprint density at radius 1 is 1.37 bits per heavy atom. The average Bonchev–Trinajstić information content (AvgIpc) is 2.67. The Morgan fingerprint density at radius 2 is 2.05 bits per heavy atom. The summed E-state index contributed by atoms with van der Waals surface area (Å²) < 4.78 is 40.0. The van der Waals surface area contributed by atoms with Crippen molar-refractivity contribution in [1.82, 2.24) is 0 Å². The highest BCUT2D eigenvalue weighted by Gasteiger charge is 2.34. The molecule has 0 saturated carbocycles. The summed E-state index contributed by atoms with van der Waals surface area (Å²) in [6.07, 6.45) is -0.367. The molecular formula is C13H18O5S. The van der Waals surface area contributed by atoms with E-state index in [-0.39, 0.29) is 17.6 Å². The van der Waals surface area contributed by atoms with Crippen LogP contribution in [0.15, 0.2) is 29.2 Å². The van der Waals surface area contributed by atoms with Gasteiger partial charge in [-0.25, -0.2) is 0 Å². The van der Waals surface area contributed by atoms with Gasteiger partial charge in [0.15, 0.2) is 5.79 Å². The van der Waals surface area contributed by atoms with E-state index in [1.54, 1.807) is 39.0 Å². The second-order valence-electron chi connectivity index (χ2n) is 4.95. The predicted molar refractivity (Wildman–Crippen MR) is 69.2 cm³/mol. The maximum Gasteiger partial charge on any atom is 0.297 e. The molecule has 0 N–H and O–H groups in total. The summed E-state index contributed by atoms with van der Waals surface area (Å²) in [4.78, 5) is 0.188. The average molecular weight is 286 g/mol. The van der Waals surface area contributed by atoms with Crippen molar-refractivity contribution in [1.29, 1.82) is 0 Å². The van der Waals surface area contributed by atoms with Gasteiger partial charge in [-0.05, 0) is 32.4 Å². The molecule has 6 heteroatoms. The fourth-order valence-electron chi connectivity index (χ4n) is 1.91. The van der Waals surface area contributed by atoms with Crippen LogP contribution in [0.25, 0.3) is 0 Å². The zero-order chi connectivity index (χ0) is 14.1. The third kappa shape index (κ3) is 3.54. The molecule has 0 bridgehead atoms. The van der Waals surface area contributed by atoms with Gasteiger partial charge in [-0.1, -0.05) is 18.2 Å².